The number of methoxy groups -OCH3 is 1. The van der Waals surface area contributed by atoms with Crippen molar-refractivity contribution in [2.45, 2.75) is 6.10 Å². The summed E-state index contributed by atoms with van der Waals surface area (Å²) < 4.78 is 16.7. The summed E-state index contributed by atoms with van der Waals surface area (Å²) in [7, 11) is 1.55. The van der Waals surface area contributed by atoms with E-state index in [9.17, 15) is 9.59 Å². The average molecular weight is 382 g/mol. The Morgan fingerprint density at radius 2 is 1.57 bits per heavy atom. The number of piperazine rings is 1. The van der Waals surface area contributed by atoms with Gasteiger partial charge in [-0.3, -0.25) is 9.59 Å². The van der Waals surface area contributed by atoms with Crippen LogP contribution in [0.1, 0.15) is 10.4 Å². The molecule has 146 valence electrons. The van der Waals surface area contributed by atoms with Crippen LogP contribution in [-0.2, 0) is 4.79 Å². The van der Waals surface area contributed by atoms with Gasteiger partial charge in [-0.15, -0.1) is 0 Å². The molecule has 4 rings (SSSR count). The normalized spacial score (nSPS) is 18.5. The summed E-state index contributed by atoms with van der Waals surface area (Å²) in [5.74, 6) is 1.59. The molecule has 0 aromatic heterocycles. The monoisotopic (exact) mass is 382 g/mol. The van der Waals surface area contributed by atoms with E-state index in [0.29, 0.717) is 49.0 Å². The maximum Gasteiger partial charge on any atom is 0.267 e. The molecule has 2 aromatic carbocycles. The van der Waals surface area contributed by atoms with E-state index in [1.165, 1.54) is 0 Å². The van der Waals surface area contributed by atoms with E-state index >= 15 is 0 Å². The number of carbonyl (C=O) groups excluding carboxylic acids is 2. The molecule has 0 radical (unpaired) electrons. The van der Waals surface area contributed by atoms with E-state index < -0.39 is 6.10 Å². The third-order valence-electron chi connectivity index (χ3n) is 5.00. The van der Waals surface area contributed by atoms with Crippen LogP contribution in [0.15, 0.2) is 48.5 Å². The van der Waals surface area contributed by atoms with Crippen LogP contribution in [0.3, 0.4) is 0 Å². The molecule has 28 heavy (non-hydrogen) atoms. The fraction of sp³-hybridized carbons (Fsp3) is 0.333. The zero-order valence-corrected chi connectivity index (χ0v) is 15.7. The zero-order chi connectivity index (χ0) is 19.5. The van der Waals surface area contributed by atoms with Gasteiger partial charge in [0.15, 0.2) is 11.5 Å². The molecule has 1 saturated heterocycles. The molecule has 2 aromatic rings. The number of amides is 2. The second kappa shape index (κ2) is 7.80. The highest BCUT2D eigenvalue weighted by Crippen LogP contribution is 2.31. The summed E-state index contributed by atoms with van der Waals surface area (Å²) >= 11 is 0. The van der Waals surface area contributed by atoms with Crippen molar-refractivity contribution in [2.24, 2.45) is 0 Å². The molecule has 2 amide bonds. The lowest BCUT2D eigenvalue weighted by atomic mass is 10.1. The number of ether oxygens (including phenoxy) is 3. The molecule has 0 N–H and O–H groups in total. The highest BCUT2D eigenvalue weighted by Gasteiger charge is 2.33. The Hall–Kier alpha value is -3.22. The number of para-hydroxylation sites is 3. The van der Waals surface area contributed by atoms with E-state index in [1.807, 2.05) is 30.3 Å². The van der Waals surface area contributed by atoms with Crippen LogP contribution in [0.5, 0.6) is 17.2 Å². The van der Waals surface area contributed by atoms with Gasteiger partial charge in [0.2, 0.25) is 6.10 Å². The maximum absolute atomic E-state index is 12.8. The first-order valence-electron chi connectivity index (χ1n) is 9.27. The highest BCUT2D eigenvalue weighted by atomic mass is 16.6. The quantitative estimate of drug-likeness (QED) is 0.810. The van der Waals surface area contributed by atoms with Gasteiger partial charge < -0.3 is 24.0 Å². The number of fused-ring (bicyclic) bond motifs is 1. The van der Waals surface area contributed by atoms with Gasteiger partial charge in [-0.25, -0.2) is 0 Å². The lowest BCUT2D eigenvalue weighted by Gasteiger charge is -2.37. The van der Waals surface area contributed by atoms with Crippen molar-refractivity contribution in [1.82, 2.24) is 9.80 Å². The van der Waals surface area contributed by atoms with Crippen molar-refractivity contribution in [3.8, 4) is 17.2 Å². The number of rotatable bonds is 3. The molecule has 0 aliphatic carbocycles. The summed E-state index contributed by atoms with van der Waals surface area (Å²) in [5.41, 5.74) is 0.533. The second-order valence-electron chi connectivity index (χ2n) is 6.68. The molecular formula is C21H22N2O5. The Kier molecular flexibility index (Phi) is 5.06. The fourth-order valence-corrected chi connectivity index (χ4v) is 3.47. The molecule has 2 heterocycles. The first kappa shape index (κ1) is 18.2. The molecule has 7 nitrogen and oxygen atoms in total. The van der Waals surface area contributed by atoms with Gasteiger partial charge >= 0.3 is 0 Å². The Morgan fingerprint density at radius 1 is 0.929 bits per heavy atom. The molecule has 7 heteroatoms. The van der Waals surface area contributed by atoms with E-state index in [2.05, 4.69) is 0 Å². The van der Waals surface area contributed by atoms with Crippen LogP contribution in [0.2, 0.25) is 0 Å². The van der Waals surface area contributed by atoms with Gasteiger partial charge in [-0.1, -0.05) is 24.3 Å². The summed E-state index contributed by atoms with van der Waals surface area (Å²) in [4.78, 5) is 29.1. The molecule has 2 aliphatic heterocycles. The van der Waals surface area contributed by atoms with E-state index in [0.717, 1.165) is 0 Å². The number of benzene rings is 2. The van der Waals surface area contributed by atoms with Gasteiger partial charge in [0.05, 0.1) is 12.7 Å². The van der Waals surface area contributed by atoms with Crippen LogP contribution in [0, 0.1) is 0 Å². The number of hydrogen-bond donors (Lipinski definition) is 0. The molecule has 0 spiro atoms. The van der Waals surface area contributed by atoms with Crippen molar-refractivity contribution in [2.75, 3.05) is 39.9 Å². The zero-order valence-electron chi connectivity index (χ0n) is 15.7. The Balaban J connectivity index is 1.36. The van der Waals surface area contributed by atoms with E-state index in [1.54, 1.807) is 35.1 Å². The van der Waals surface area contributed by atoms with Gasteiger partial charge in [0.1, 0.15) is 12.4 Å². The molecular weight excluding hydrogens is 360 g/mol. The maximum atomic E-state index is 12.8. The van der Waals surface area contributed by atoms with Crippen molar-refractivity contribution in [1.29, 1.82) is 0 Å². The topological polar surface area (TPSA) is 68.3 Å². The van der Waals surface area contributed by atoms with Crippen molar-refractivity contribution in [3.63, 3.8) is 0 Å². The summed E-state index contributed by atoms with van der Waals surface area (Å²) in [6.07, 6.45) is -0.661. The molecule has 1 atom stereocenters. The Labute approximate surface area is 163 Å². The molecule has 2 aliphatic rings. The lowest BCUT2D eigenvalue weighted by molar-refractivity contribution is -0.142. The van der Waals surface area contributed by atoms with Crippen LogP contribution in [0.25, 0.3) is 0 Å². The van der Waals surface area contributed by atoms with Crippen LogP contribution < -0.4 is 14.2 Å². The molecule has 0 saturated carbocycles. The minimum atomic E-state index is -0.661. The lowest BCUT2D eigenvalue weighted by Crippen LogP contribution is -2.55. The minimum Gasteiger partial charge on any atom is -0.496 e. The van der Waals surface area contributed by atoms with Crippen LogP contribution >= 0.6 is 0 Å². The SMILES string of the molecule is COc1ccccc1C(=O)N1CCN(C(=O)C2COc3ccccc3O2)CC1. The van der Waals surface area contributed by atoms with Crippen LogP contribution in [-0.4, -0.2) is 67.6 Å². The van der Waals surface area contributed by atoms with Gasteiger partial charge in [-0.2, -0.15) is 0 Å². The van der Waals surface area contributed by atoms with Gasteiger partial charge in [-0.05, 0) is 24.3 Å². The number of hydrogen-bond acceptors (Lipinski definition) is 5. The summed E-state index contributed by atoms with van der Waals surface area (Å²) in [6, 6.07) is 14.5. The minimum absolute atomic E-state index is 0.0873. The third kappa shape index (κ3) is 3.47. The third-order valence-corrected chi connectivity index (χ3v) is 5.00. The first-order valence-corrected chi connectivity index (χ1v) is 9.27. The number of carbonyl (C=O) groups is 2. The highest BCUT2D eigenvalue weighted by molar-refractivity contribution is 5.97. The molecule has 0 bridgehead atoms. The largest absolute Gasteiger partial charge is 0.496 e. The first-order chi connectivity index (χ1) is 13.7. The van der Waals surface area contributed by atoms with Gasteiger partial charge in [0.25, 0.3) is 11.8 Å². The second-order valence-corrected chi connectivity index (χ2v) is 6.68. The fourth-order valence-electron chi connectivity index (χ4n) is 3.47. The van der Waals surface area contributed by atoms with E-state index in [-0.39, 0.29) is 18.4 Å². The van der Waals surface area contributed by atoms with E-state index in [4.69, 9.17) is 14.2 Å². The predicted molar refractivity (Wildman–Crippen MR) is 102 cm³/mol. The molecule has 1 unspecified atom stereocenters. The standard InChI is InChI=1S/C21H22N2O5/c1-26-16-7-3-2-6-15(16)20(24)22-10-12-23(13-11-22)21(25)19-14-27-17-8-4-5-9-18(17)28-19/h2-9,19H,10-14H2,1H3. The van der Waals surface area contributed by atoms with Crippen molar-refractivity contribution in [3.05, 3.63) is 54.1 Å². The Bertz CT molecular complexity index is 877. The summed E-state index contributed by atoms with van der Waals surface area (Å²) in [6.45, 7) is 2.04. The smallest absolute Gasteiger partial charge is 0.267 e. The van der Waals surface area contributed by atoms with Crippen molar-refractivity contribution < 1.29 is 23.8 Å². The summed E-state index contributed by atoms with van der Waals surface area (Å²) in [5, 5.41) is 0. The predicted octanol–water partition coefficient (Wildman–Crippen LogP) is 1.82. The molecule has 1 fully saturated rings. The van der Waals surface area contributed by atoms with Gasteiger partial charge in [0, 0.05) is 26.2 Å². The van der Waals surface area contributed by atoms with Crippen molar-refractivity contribution >= 4 is 11.8 Å². The Morgan fingerprint density at radius 3 is 2.32 bits per heavy atom. The average Bonchev–Trinajstić information content (AvgIpc) is 2.77. The number of nitrogens with zero attached hydrogens (tertiary/aromatic N) is 2. The van der Waals surface area contributed by atoms with Crippen LogP contribution in [0.4, 0.5) is 0 Å².